The minimum Gasteiger partial charge on any atom is -0.353 e. The standard InChI is InChI=1S/C11H14BrCl2N3/c12-1-2-16-3-5-17(6-4-16)11-10(14)7-9(13)8-15-11/h7-8H,1-6H2. The molecule has 17 heavy (non-hydrogen) atoms. The third-order valence-electron chi connectivity index (χ3n) is 2.86. The molecule has 0 aliphatic carbocycles. The average Bonchev–Trinajstić information content (AvgIpc) is 2.31. The van der Waals surface area contributed by atoms with Crippen LogP contribution in [0.15, 0.2) is 12.3 Å². The highest BCUT2D eigenvalue weighted by atomic mass is 79.9. The Labute approximate surface area is 120 Å². The quantitative estimate of drug-likeness (QED) is 0.790. The number of piperazine rings is 1. The normalized spacial score (nSPS) is 17.5. The van der Waals surface area contributed by atoms with Gasteiger partial charge in [-0.25, -0.2) is 4.98 Å². The highest BCUT2D eigenvalue weighted by Crippen LogP contribution is 2.26. The molecule has 0 atom stereocenters. The van der Waals surface area contributed by atoms with Gasteiger partial charge in [0.1, 0.15) is 5.82 Å². The summed E-state index contributed by atoms with van der Waals surface area (Å²) in [7, 11) is 0. The molecular formula is C11H14BrCl2N3. The van der Waals surface area contributed by atoms with E-state index in [0.717, 1.165) is 43.9 Å². The van der Waals surface area contributed by atoms with E-state index in [1.165, 1.54) is 0 Å². The Balaban J connectivity index is 2.00. The van der Waals surface area contributed by atoms with Crippen molar-refractivity contribution in [1.82, 2.24) is 9.88 Å². The molecule has 6 heteroatoms. The first-order valence-corrected chi connectivity index (χ1v) is 7.43. The van der Waals surface area contributed by atoms with Gasteiger partial charge in [-0.3, -0.25) is 4.90 Å². The second-order valence-electron chi connectivity index (χ2n) is 3.98. The predicted octanol–water partition coefficient (Wildman–Crippen LogP) is 2.91. The molecule has 0 unspecified atom stereocenters. The van der Waals surface area contributed by atoms with Crippen LogP contribution >= 0.6 is 39.1 Å². The van der Waals surface area contributed by atoms with E-state index in [1.807, 2.05) is 0 Å². The molecule has 94 valence electrons. The van der Waals surface area contributed by atoms with Gasteiger partial charge in [-0.1, -0.05) is 39.1 Å². The molecule has 1 aromatic rings. The number of halogens is 3. The Kier molecular flexibility index (Phi) is 4.91. The van der Waals surface area contributed by atoms with Crippen molar-refractivity contribution in [3.8, 4) is 0 Å². The number of aromatic nitrogens is 1. The second kappa shape index (κ2) is 6.23. The van der Waals surface area contributed by atoms with Crippen molar-refractivity contribution < 1.29 is 0 Å². The SMILES string of the molecule is Clc1cnc(N2CCN(CCBr)CC2)c(Cl)c1. The van der Waals surface area contributed by atoms with Crippen LogP contribution in [0.25, 0.3) is 0 Å². The molecule has 0 saturated carbocycles. The number of hydrogen-bond acceptors (Lipinski definition) is 3. The van der Waals surface area contributed by atoms with E-state index in [0.29, 0.717) is 10.0 Å². The van der Waals surface area contributed by atoms with Crippen molar-refractivity contribution in [2.45, 2.75) is 0 Å². The lowest BCUT2D eigenvalue weighted by Crippen LogP contribution is -2.47. The summed E-state index contributed by atoms with van der Waals surface area (Å²) in [6.07, 6.45) is 1.65. The highest BCUT2D eigenvalue weighted by molar-refractivity contribution is 9.09. The second-order valence-corrected chi connectivity index (χ2v) is 5.61. The molecule has 1 aliphatic rings. The third-order valence-corrected chi connectivity index (χ3v) is 3.70. The Morgan fingerprint density at radius 1 is 1.24 bits per heavy atom. The van der Waals surface area contributed by atoms with Crippen LogP contribution in [0, 0.1) is 0 Å². The summed E-state index contributed by atoms with van der Waals surface area (Å²) in [5.41, 5.74) is 0. The lowest BCUT2D eigenvalue weighted by molar-refractivity contribution is 0.273. The van der Waals surface area contributed by atoms with Crippen LogP contribution in [0.4, 0.5) is 5.82 Å². The first kappa shape index (κ1) is 13.4. The molecule has 0 aromatic carbocycles. The molecule has 0 bridgehead atoms. The van der Waals surface area contributed by atoms with Gasteiger partial charge in [0.2, 0.25) is 0 Å². The molecule has 1 fully saturated rings. The van der Waals surface area contributed by atoms with Crippen molar-refractivity contribution in [2.75, 3.05) is 43.0 Å². The summed E-state index contributed by atoms with van der Waals surface area (Å²) in [5, 5.41) is 2.23. The van der Waals surface area contributed by atoms with Crippen LogP contribution in [-0.2, 0) is 0 Å². The minimum absolute atomic E-state index is 0.580. The first-order chi connectivity index (χ1) is 8.20. The third kappa shape index (κ3) is 3.47. The summed E-state index contributed by atoms with van der Waals surface area (Å²) in [5.74, 6) is 0.842. The fraction of sp³-hybridized carbons (Fsp3) is 0.545. The molecule has 0 N–H and O–H groups in total. The molecule has 2 rings (SSSR count). The fourth-order valence-electron chi connectivity index (χ4n) is 1.94. The van der Waals surface area contributed by atoms with E-state index >= 15 is 0 Å². The average molecular weight is 339 g/mol. The van der Waals surface area contributed by atoms with Gasteiger partial charge in [0.05, 0.1) is 10.0 Å². The van der Waals surface area contributed by atoms with Crippen LogP contribution in [0.3, 0.4) is 0 Å². The summed E-state index contributed by atoms with van der Waals surface area (Å²) in [4.78, 5) is 8.94. The van der Waals surface area contributed by atoms with Gasteiger partial charge in [0.25, 0.3) is 0 Å². The van der Waals surface area contributed by atoms with Crippen molar-refractivity contribution in [3.05, 3.63) is 22.3 Å². The van der Waals surface area contributed by atoms with Gasteiger partial charge in [-0.2, -0.15) is 0 Å². The summed E-state index contributed by atoms with van der Waals surface area (Å²) >= 11 is 15.5. The zero-order valence-electron chi connectivity index (χ0n) is 9.37. The highest BCUT2D eigenvalue weighted by Gasteiger charge is 2.19. The summed E-state index contributed by atoms with van der Waals surface area (Å²) in [6, 6.07) is 1.75. The number of nitrogens with zero attached hydrogens (tertiary/aromatic N) is 3. The molecule has 1 aliphatic heterocycles. The van der Waals surface area contributed by atoms with E-state index in [1.54, 1.807) is 12.3 Å². The molecule has 3 nitrogen and oxygen atoms in total. The van der Waals surface area contributed by atoms with Gasteiger partial charge in [0, 0.05) is 44.3 Å². The molecule has 1 aromatic heterocycles. The smallest absolute Gasteiger partial charge is 0.147 e. The maximum absolute atomic E-state index is 6.15. The van der Waals surface area contributed by atoms with E-state index in [2.05, 4.69) is 30.7 Å². The van der Waals surface area contributed by atoms with Crippen molar-refractivity contribution >= 4 is 44.9 Å². The van der Waals surface area contributed by atoms with E-state index in [9.17, 15) is 0 Å². The largest absolute Gasteiger partial charge is 0.353 e. The van der Waals surface area contributed by atoms with Crippen LogP contribution in [0.2, 0.25) is 10.0 Å². The Morgan fingerprint density at radius 3 is 2.53 bits per heavy atom. The Bertz CT molecular complexity index is 381. The maximum atomic E-state index is 6.15. The minimum atomic E-state index is 0.580. The molecule has 0 spiro atoms. The Morgan fingerprint density at radius 2 is 1.94 bits per heavy atom. The van der Waals surface area contributed by atoms with Crippen LogP contribution in [0.5, 0.6) is 0 Å². The number of alkyl halides is 1. The van der Waals surface area contributed by atoms with E-state index in [4.69, 9.17) is 23.2 Å². The van der Waals surface area contributed by atoms with Gasteiger partial charge in [-0.15, -0.1) is 0 Å². The molecule has 2 heterocycles. The summed E-state index contributed by atoms with van der Waals surface area (Å²) in [6.45, 7) is 5.11. The van der Waals surface area contributed by atoms with Gasteiger partial charge in [0.15, 0.2) is 0 Å². The van der Waals surface area contributed by atoms with Crippen LogP contribution in [-0.4, -0.2) is 47.9 Å². The van der Waals surface area contributed by atoms with Gasteiger partial charge >= 0.3 is 0 Å². The zero-order chi connectivity index (χ0) is 12.3. The van der Waals surface area contributed by atoms with Gasteiger partial charge in [-0.05, 0) is 6.07 Å². The maximum Gasteiger partial charge on any atom is 0.147 e. The monoisotopic (exact) mass is 337 g/mol. The zero-order valence-corrected chi connectivity index (χ0v) is 12.5. The van der Waals surface area contributed by atoms with Crippen molar-refractivity contribution in [3.63, 3.8) is 0 Å². The van der Waals surface area contributed by atoms with Crippen LogP contribution < -0.4 is 4.90 Å². The molecule has 0 amide bonds. The molecule has 1 saturated heterocycles. The number of rotatable bonds is 3. The Hall–Kier alpha value is -0.0300. The topological polar surface area (TPSA) is 19.4 Å². The summed E-state index contributed by atoms with van der Waals surface area (Å²) < 4.78 is 0. The predicted molar refractivity (Wildman–Crippen MR) is 76.7 cm³/mol. The van der Waals surface area contributed by atoms with Crippen molar-refractivity contribution in [1.29, 1.82) is 0 Å². The molecule has 0 radical (unpaired) electrons. The lowest BCUT2D eigenvalue weighted by Gasteiger charge is -2.35. The number of anilines is 1. The lowest BCUT2D eigenvalue weighted by atomic mass is 10.3. The first-order valence-electron chi connectivity index (χ1n) is 5.55. The van der Waals surface area contributed by atoms with Crippen LogP contribution in [0.1, 0.15) is 0 Å². The fourth-order valence-corrected chi connectivity index (χ4v) is 2.94. The number of hydrogen-bond donors (Lipinski definition) is 0. The van der Waals surface area contributed by atoms with E-state index in [-0.39, 0.29) is 0 Å². The van der Waals surface area contributed by atoms with Crippen molar-refractivity contribution in [2.24, 2.45) is 0 Å². The molecular weight excluding hydrogens is 325 g/mol. The number of pyridine rings is 1. The van der Waals surface area contributed by atoms with Gasteiger partial charge < -0.3 is 4.90 Å². The van der Waals surface area contributed by atoms with E-state index < -0.39 is 0 Å².